The topological polar surface area (TPSA) is 121 Å². The van der Waals surface area contributed by atoms with Gasteiger partial charge in [-0.3, -0.25) is 15.0 Å². The fraction of sp³-hybridized carbons (Fsp3) is 0.625. The highest BCUT2D eigenvalue weighted by molar-refractivity contribution is 5.95. The molecule has 1 aliphatic heterocycles. The van der Waals surface area contributed by atoms with E-state index < -0.39 is 11.6 Å². The van der Waals surface area contributed by atoms with Crippen LogP contribution in [0.4, 0.5) is 0 Å². The van der Waals surface area contributed by atoms with Gasteiger partial charge in [0, 0.05) is 30.3 Å². The third-order valence-electron chi connectivity index (χ3n) is 6.57. The average molecular weight is 444 g/mol. The van der Waals surface area contributed by atoms with Gasteiger partial charge in [0.25, 0.3) is 0 Å². The summed E-state index contributed by atoms with van der Waals surface area (Å²) < 4.78 is 5.39. The number of rotatable bonds is 8. The predicted molar refractivity (Wildman–Crippen MR) is 125 cm³/mol. The molecule has 2 aliphatic rings. The van der Waals surface area contributed by atoms with Crippen LogP contribution >= 0.6 is 0 Å². The monoisotopic (exact) mass is 443 g/mol. The second-order valence-electron chi connectivity index (χ2n) is 9.42. The van der Waals surface area contributed by atoms with Gasteiger partial charge >= 0.3 is 0 Å². The van der Waals surface area contributed by atoms with Crippen molar-refractivity contribution in [3.63, 3.8) is 0 Å². The van der Waals surface area contributed by atoms with E-state index in [1.54, 1.807) is 30.2 Å². The molecule has 1 atom stereocenters. The number of benzene rings is 1. The Bertz CT molecular complexity index is 848. The first-order valence-electron chi connectivity index (χ1n) is 11.6. The van der Waals surface area contributed by atoms with E-state index in [0.717, 1.165) is 24.8 Å². The summed E-state index contributed by atoms with van der Waals surface area (Å²) in [7, 11) is 1.54. The van der Waals surface area contributed by atoms with Crippen molar-refractivity contribution in [3.8, 4) is 5.75 Å². The van der Waals surface area contributed by atoms with Crippen LogP contribution in [-0.2, 0) is 16.1 Å². The molecule has 0 unspecified atom stereocenters. The van der Waals surface area contributed by atoms with E-state index in [2.05, 4.69) is 10.6 Å². The normalized spacial score (nSPS) is 19.6. The van der Waals surface area contributed by atoms with Crippen molar-refractivity contribution in [1.29, 1.82) is 5.41 Å². The Morgan fingerprint density at radius 3 is 2.56 bits per heavy atom. The van der Waals surface area contributed by atoms with E-state index in [-0.39, 0.29) is 24.2 Å². The molecular weight excluding hydrogens is 406 g/mol. The Labute approximate surface area is 190 Å². The van der Waals surface area contributed by atoms with Gasteiger partial charge in [-0.15, -0.1) is 0 Å². The van der Waals surface area contributed by atoms with Gasteiger partial charge in [-0.2, -0.15) is 0 Å². The van der Waals surface area contributed by atoms with Crippen LogP contribution in [0.1, 0.15) is 69.9 Å². The van der Waals surface area contributed by atoms with Crippen molar-refractivity contribution in [3.05, 3.63) is 29.3 Å². The molecule has 0 aromatic heterocycles. The molecule has 5 N–H and O–H groups in total. The van der Waals surface area contributed by atoms with Gasteiger partial charge in [-0.1, -0.05) is 31.4 Å². The number of methoxy groups -OCH3 is 1. The third-order valence-corrected chi connectivity index (χ3v) is 6.57. The minimum Gasteiger partial charge on any atom is -0.496 e. The van der Waals surface area contributed by atoms with Crippen LogP contribution in [-0.4, -0.2) is 53.8 Å². The minimum atomic E-state index is -0.698. The van der Waals surface area contributed by atoms with Crippen LogP contribution in [0.25, 0.3) is 0 Å². The quantitative estimate of drug-likeness (QED) is 0.363. The summed E-state index contributed by atoms with van der Waals surface area (Å²) in [5.41, 5.74) is 6.21. The fourth-order valence-corrected chi connectivity index (χ4v) is 4.82. The summed E-state index contributed by atoms with van der Waals surface area (Å²) in [6, 6.07) is 5.12. The van der Waals surface area contributed by atoms with Gasteiger partial charge < -0.3 is 26.0 Å². The fourth-order valence-electron chi connectivity index (χ4n) is 4.82. The van der Waals surface area contributed by atoms with Crippen molar-refractivity contribution >= 4 is 17.6 Å². The maximum absolute atomic E-state index is 13.4. The molecule has 1 aromatic rings. The van der Waals surface area contributed by atoms with Crippen molar-refractivity contribution in [1.82, 2.24) is 15.5 Å². The molecule has 3 rings (SSSR count). The molecule has 0 radical (unpaired) electrons. The highest BCUT2D eigenvalue weighted by Gasteiger charge is 2.41. The number of nitrogens with two attached hydrogens (primary N) is 1. The summed E-state index contributed by atoms with van der Waals surface area (Å²) in [4.78, 5) is 28.1. The lowest BCUT2D eigenvalue weighted by atomic mass is 9.92. The van der Waals surface area contributed by atoms with Crippen molar-refractivity contribution in [2.45, 2.75) is 83.0 Å². The Hall–Kier alpha value is -2.61. The Kier molecular flexibility index (Phi) is 7.77. The largest absolute Gasteiger partial charge is 0.496 e. The highest BCUT2D eigenvalue weighted by Crippen LogP contribution is 2.25. The standard InChI is InChI=1S/C24H37N5O3/c1-24(2,28-18-8-5-4-6-9-18)23(31)29-13-7-10-19(29)22(30)27-15-17-12-11-16(21(25)26)14-20(17)32-3/h11-12,14,18-19,28H,4-10,13,15H2,1-3H3,(H3,25,26)(H,27,30)/t19-/m0/s1. The maximum atomic E-state index is 13.4. The number of amidine groups is 1. The van der Waals surface area contributed by atoms with Crippen LogP contribution < -0.4 is 21.1 Å². The second kappa shape index (κ2) is 10.3. The summed E-state index contributed by atoms with van der Waals surface area (Å²) in [6.07, 6.45) is 7.36. The lowest BCUT2D eigenvalue weighted by Gasteiger charge is -2.37. The molecular formula is C24H37N5O3. The molecule has 2 fully saturated rings. The van der Waals surface area contributed by atoms with Crippen LogP contribution in [0.15, 0.2) is 18.2 Å². The van der Waals surface area contributed by atoms with E-state index in [1.165, 1.54) is 19.3 Å². The number of nitrogen functional groups attached to an aromatic ring is 1. The number of carbonyl (C=O) groups excluding carboxylic acids is 2. The number of nitrogens with zero attached hydrogens (tertiary/aromatic N) is 1. The van der Waals surface area contributed by atoms with E-state index >= 15 is 0 Å². The molecule has 0 spiro atoms. The Morgan fingerprint density at radius 2 is 1.91 bits per heavy atom. The second-order valence-corrected chi connectivity index (χ2v) is 9.42. The van der Waals surface area contributed by atoms with Gasteiger partial charge in [-0.25, -0.2) is 0 Å². The molecule has 1 heterocycles. The average Bonchev–Trinajstić information content (AvgIpc) is 3.27. The van der Waals surface area contributed by atoms with Crippen molar-refractivity contribution in [2.75, 3.05) is 13.7 Å². The van der Waals surface area contributed by atoms with Gasteiger partial charge in [0.2, 0.25) is 11.8 Å². The van der Waals surface area contributed by atoms with Crippen LogP contribution in [0.3, 0.4) is 0 Å². The number of ether oxygens (including phenoxy) is 1. The Balaban J connectivity index is 1.62. The molecule has 1 aliphatic carbocycles. The molecule has 0 bridgehead atoms. The number of hydrogen-bond acceptors (Lipinski definition) is 5. The molecule has 8 nitrogen and oxygen atoms in total. The lowest BCUT2D eigenvalue weighted by molar-refractivity contribution is -0.143. The smallest absolute Gasteiger partial charge is 0.243 e. The maximum Gasteiger partial charge on any atom is 0.243 e. The van der Waals surface area contributed by atoms with E-state index in [9.17, 15) is 9.59 Å². The molecule has 176 valence electrons. The zero-order chi connectivity index (χ0) is 23.3. The Morgan fingerprint density at radius 1 is 1.19 bits per heavy atom. The first kappa shape index (κ1) is 24.0. The van der Waals surface area contributed by atoms with Crippen molar-refractivity contribution in [2.24, 2.45) is 5.73 Å². The van der Waals surface area contributed by atoms with Crippen LogP contribution in [0, 0.1) is 5.41 Å². The molecule has 2 amide bonds. The number of hydrogen-bond donors (Lipinski definition) is 4. The summed E-state index contributed by atoms with van der Waals surface area (Å²) >= 11 is 0. The van der Waals surface area contributed by atoms with Gasteiger partial charge in [-0.05, 0) is 45.6 Å². The van der Waals surface area contributed by atoms with E-state index in [1.807, 2.05) is 13.8 Å². The highest BCUT2D eigenvalue weighted by atomic mass is 16.5. The van der Waals surface area contributed by atoms with E-state index in [0.29, 0.717) is 30.3 Å². The number of amides is 2. The predicted octanol–water partition coefficient (Wildman–Crippen LogP) is 2.29. The zero-order valence-corrected chi connectivity index (χ0v) is 19.5. The van der Waals surface area contributed by atoms with Gasteiger partial charge in [0.05, 0.1) is 12.6 Å². The number of nitrogens with one attached hydrogen (secondary N) is 3. The number of carbonyl (C=O) groups is 2. The SMILES string of the molecule is COc1cc(C(=N)N)ccc1CNC(=O)[C@@H]1CCCN1C(=O)C(C)(C)NC1CCCCC1. The van der Waals surface area contributed by atoms with Gasteiger partial charge in [0.1, 0.15) is 17.6 Å². The van der Waals surface area contributed by atoms with Crippen LogP contribution in [0.2, 0.25) is 0 Å². The zero-order valence-electron chi connectivity index (χ0n) is 19.5. The molecule has 32 heavy (non-hydrogen) atoms. The van der Waals surface area contributed by atoms with Crippen molar-refractivity contribution < 1.29 is 14.3 Å². The molecule has 1 saturated carbocycles. The first-order valence-corrected chi connectivity index (χ1v) is 11.6. The third kappa shape index (κ3) is 5.59. The molecule has 1 aromatic carbocycles. The summed E-state index contributed by atoms with van der Waals surface area (Å²) in [5.74, 6) is 0.366. The molecule has 8 heteroatoms. The molecule has 1 saturated heterocycles. The number of likely N-dealkylation sites (tertiary alicyclic amines) is 1. The van der Waals surface area contributed by atoms with Crippen LogP contribution in [0.5, 0.6) is 5.75 Å². The summed E-state index contributed by atoms with van der Waals surface area (Å²) in [5, 5.41) is 14.1. The summed E-state index contributed by atoms with van der Waals surface area (Å²) in [6.45, 7) is 4.74. The lowest BCUT2D eigenvalue weighted by Crippen LogP contribution is -2.59. The minimum absolute atomic E-state index is 0.0101. The van der Waals surface area contributed by atoms with Gasteiger partial charge in [0.15, 0.2) is 0 Å². The van der Waals surface area contributed by atoms with E-state index in [4.69, 9.17) is 15.9 Å². The first-order chi connectivity index (χ1) is 15.2.